The van der Waals surface area contributed by atoms with Gasteiger partial charge < -0.3 is 0 Å². The van der Waals surface area contributed by atoms with Crippen LogP contribution in [0.2, 0.25) is 0 Å². The van der Waals surface area contributed by atoms with Gasteiger partial charge in [-0.3, -0.25) is 0 Å². The molecule has 2 aromatic carbocycles. The maximum absolute atomic E-state index is 12.8. The highest BCUT2D eigenvalue weighted by atomic mass is 32.2. The second kappa shape index (κ2) is 6.35. The normalized spacial score (nSPS) is 12.1. The molecule has 1 aromatic heterocycles. The minimum Gasteiger partial charge on any atom is -0.207 e. The van der Waals surface area contributed by atoms with Crippen LogP contribution in [0.4, 0.5) is 0 Å². The van der Waals surface area contributed by atoms with Gasteiger partial charge >= 0.3 is 0 Å². The Labute approximate surface area is 140 Å². The number of fused-ring (bicyclic) bond motifs is 1. The van der Waals surface area contributed by atoms with Gasteiger partial charge in [0.25, 0.3) is 0 Å². The molecule has 7 heteroatoms. The molecule has 0 radical (unpaired) electrons. The van der Waals surface area contributed by atoms with Crippen LogP contribution >= 0.6 is 11.7 Å². The Bertz CT molecular complexity index is 918. The zero-order valence-electron chi connectivity index (χ0n) is 12.9. The molecule has 0 saturated heterocycles. The Morgan fingerprint density at radius 2 is 1.74 bits per heavy atom. The van der Waals surface area contributed by atoms with Gasteiger partial charge in [0, 0.05) is 13.6 Å². The Hall–Kier alpha value is -1.83. The summed E-state index contributed by atoms with van der Waals surface area (Å²) >= 11 is 1.02. The summed E-state index contributed by atoms with van der Waals surface area (Å²) in [6.45, 7) is 2.41. The molecule has 0 N–H and O–H groups in total. The summed E-state index contributed by atoms with van der Waals surface area (Å²) in [7, 11) is -2.03. The summed E-state index contributed by atoms with van der Waals surface area (Å²) in [5.74, 6) is 0. The van der Waals surface area contributed by atoms with Crippen LogP contribution in [0.5, 0.6) is 0 Å². The zero-order chi connectivity index (χ0) is 16.4. The minimum atomic E-state index is -3.61. The fourth-order valence-electron chi connectivity index (χ4n) is 2.38. The standard InChI is InChI=1S/C16H17N3O2S2/c1-3-12-7-9-13(10-8-12)11-19(2)23(20,21)15-6-4-5-14-16(15)18-22-17-14/h4-10H,3,11H2,1-2H3. The topological polar surface area (TPSA) is 63.2 Å². The summed E-state index contributed by atoms with van der Waals surface area (Å²) in [5.41, 5.74) is 3.23. The largest absolute Gasteiger partial charge is 0.245 e. The lowest BCUT2D eigenvalue weighted by atomic mass is 10.1. The molecule has 0 atom stereocenters. The number of aromatic nitrogens is 2. The predicted molar refractivity (Wildman–Crippen MR) is 91.9 cm³/mol. The summed E-state index contributed by atoms with van der Waals surface area (Å²) in [6, 6.07) is 13.0. The lowest BCUT2D eigenvalue weighted by Gasteiger charge is -2.17. The third-order valence-corrected chi connectivity index (χ3v) is 6.15. The molecule has 0 spiro atoms. The van der Waals surface area contributed by atoms with E-state index < -0.39 is 10.0 Å². The first-order valence-electron chi connectivity index (χ1n) is 7.28. The quantitative estimate of drug-likeness (QED) is 0.711. The van der Waals surface area contributed by atoms with E-state index in [4.69, 9.17) is 0 Å². The van der Waals surface area contributed by atoms with Gasteiger partial charge in [0.1, 0.15) is 15.9 Å². The monoisotopic (exact) mass is 347 g/mol. The van der Waals surface area contributed by atoms with Gasteiger partial charge in [-0.25, -0.2) is 8.42 Å². The summed E-state index contributed by atoms with van der Waals surface area (Å²) < 4.78 is 35.2. The van der Waals surface area contributed by atoms with Crippen LogP contribution < -0.4 is 0 Å². The highest BCUT2D eigenvalue weighted by Crippen LogP contribution is 2.24. The number of hydrogen-bond acceptors (Lipinski definition) is 5. The first-order chi connectivity index (χ1) is 11.0. The van der Waals surface area contributed by atoms with E-state index in [1.165, 1.54) is 9.87 Å². The van der Waals surface area contributed by atoms with Crippen LogP contribution in [0.3, 0.4) is 0 Å². The number of aryl methyl sites for hydroxylation is 1. The van der Waals surface area contributed by atoms with Gasteiger partial charge in [0.2, 0.25) is 10.0 Å². The number of sulfonamides is 1. The van der Waals surface area contributed by atoms with Crippen LogP contribution in [0, 0.1) is 0 Å². The van der Waals surface area contributed by atoms with Gasteiger partial charge in [-0.1, -0.05) is 37.3 Å². The third kappa shape index (κ3) is 3.12. The first-order valence-corrected chi connectivity index (χ1v) is 9.45. The molecule has 23 heavy (non-hydrogen) atoms. The molecular weight excluding hydrogens is 330 g/mol. The van der Waals surface area contributed by atoms with Crippen molar-refractivity contribution in [2.24, 2.45) is 0 Å². The molecule has 0 aliphatic carbocycles. The minimum absolute atomic E-state index is 0.205. The molecule has 120 valence electrons. The second-order valence-electron chi connectivity index (χ2n) is 5.32. The van der Waals surface area contributed by atoms with Gasteiger partial charge in [0.05, 0.1) is 11.7 Å². The van der Waals surface area contributed by atoms with Gasteiger partial charge in [-0.05, 0) is 29.7 Å². The molecular formula is C16H17N3O2S2. The van der Waals surface area contributed by atoms with Crippen molar-refractivity contribution in [2.75, 3.05) is 7.05 Å². The van der Waals surface area contributed by atoms with E-state index in [-0.39, 0.29) is 4.90 Å². The summed E-state index contributed by atoms with van der Waals surface area (Å²) in [6.07, 6.45) is 0.966. The summed E-state index contributed by atoms with van der Waals surface area (Å²) in [5, 5.41) is 0. The maximum atomic E-state index is 12.8. The van der Waals surface area contributed by atoms with E-state index in [2.05, 4.69) is 15.7 Å². The molecule has 0 bridgehead atoms. The van der Waals surface area contributed by atoms with E-state index in [9.17, 15) is 8.42 Å². The molecule has 3 aromatic rings. The van der Waals surface area contributed by atoms with Crippen LogP contribution in [0.15, 0.2) is 47.4 Å². The smallest absolute Gasteiger partial charge is 0.207 e. The Balaban J connectivity index is 1.90. The first kappa shape index (κ1) is 16.0. The van der Waals surface area contributed by atoms with Crippen molar-refractivity contribution in [2.45, 2.75) is 24.8 Å². The highest BCUT2D eigenvalue weighted by molar-refractivity contribution is 7.89. The van der Waals surface area contributed by atoms with E-state index in [0.29, 0.717) is 17.6 Å². The molecule has 0 saturated carbocycles. The van der Waals surface area contributed by atoms with E-state index >= 15 is 0 Å². The van der Waals surface area contributed by atoms with Gasteiger partial charge in [-0.2, -0.15) is 13.1 Å². The Kier molecular flexibility index (Phi) is 4.43. The number of hydrogen-bond donors (Lipinski definition) is 0. The summed E-state index contributed by atoms with van der Waals surface area (Å²) in [4.78, 5) is 0.205. The van der Waals surface area contributed by atoms with Crippen molar-refractivity contribution in [3.8, 4) is 0 Å². The lowest BCUT2D eigenvalue weighted by Crippen LogP contribution is -2.26. The van der Waals surface area contributed by atoms with Crippen LogP contribution in [-0.2, 0) is 23.0 Å². The number of rotatable bonds is 5. The predicted octanol–water partition coefficient (Wildman–Crippen LogP) is 3.07. The van der Waals surface area contributed by atoms with E-state index in [1.54, 1.807) is 25.2 Å². The average molecular weight is 347 g/mol. The van der Waals surface area contributed by atoms with E-state index in [0.717, 1.165) is 23.7 Å². The molecule has 0 unspecified atom stereocenters. The molecule has 0 aliphatic rings. The van der Waals surface area contributed by atoms with Crippen molar-refractivity contribution in [1.82, 2.24) is 13.1 Å². The van der Waals surface area contributed by atoms with Crippen molar-refractivity contribution in [1.29, 1.82) is 0 Å². The van der Waals surface area contributed by atoms with Gasteiger partial charge in [0.15, 0.2) is 0 Å². The second-order valence-corrected chi connectivity index (χ2v) is 7.86. The highest BCUT2D eigenvalue weighted by Gasteiger charge is 2.24. The third-order valence-electron chi connectivity index (χ3n) is 3.77. The molecule has 3 rings (SSSR count). The van der Waals surface area contributed by atoms with Crippen molar-refractivity contribution < 1.29 is 8.42 Å². The maximum Gasteiger partial charge on any atom is 0.245 e. The lowest BCUT2D eigenvalue weighted by molar-refractivity contribution is 0.467. The fourth-order valence-corrected chi connectivity index (χ4v) is 4.29. The number of nitrogens with zero attached hydrogens (tertiary/aromatic N) is 3. The average Bonchev–Trinajstić information content (AvgIpc) is 3.03. The van der Waals surface area contributed by atoms with Crippen molar-refractivity contribution in [3.63, 3.8) is 0 Å². The number of benzene rings is 2. The molecule has 0 fully saturated rings. The molecule has 5 nitrogen and oxygen atoms in total. The SMILES string of the molecule is CCc1ccc(CN(C)S(=O)(=O)c2cccc3nsnc23)cc1. The van der Waals surface area contributed by atoms with Gasteiger partial charge in [-0.15, -0.1) is 0 Å². The Morgan fingerprint density at radius 3 is 2.43 bits per heavy atom. The van der Waals surface area contributed by atoms with Crippen LogP contribution in [-0.4, -0.2) is 28.5 Å². The zero-order valence-corrected chi connectivity index (χ0v) is 14.6. The van der Waals surface area contributed by atoms with Crippen molar-refractivity contribution in [3.05, 3.63) is 53.6 Å². The molecule has 0 aliphatic heterocycles. The van der Waals surface area contributed by atoms with Crippen LogP contribution in [0.1, 0.15) is 18.1 Å². The fraction of sp³-hybridized carbons (Fsp3) is 0.250. The Morgan fingerprint density at radius 1 is 1.04 bits per heavy atom. The molecule has 0 amide bonds. The van der Waals surface area contributed by atoms with E-state index in [1.807, 2.05) is 24.3 Å². The molecule has 1 heterocycles. The van der Waals surface area contributed by atoms with Crippen molar-refractivity contribution >= 4 is 32.8 Å². The van der Waals surface area contributed by atoms with Crippen LogP contribution in [0.25, 0.3) is 11.0 Å².